The minimum absolute atomic E-state index is 0.383. The second kappa shape index (κ2) is 9.09. The van der Waals surface area contributed by atoms with Crippen LogP contribution in [0.2, 0.25) is 0 Å². The Morgan fingerprint density at radius 3 is 2.33 bits per heavy atom. The van der Waals surface area contributed by atoms with Crippen molar-refractivity contribution in [1.29, 1.82) is 0 Å². The van der Waals surface area contributed by atoms with Gasteiger partial charge in [0.1, 0.15) is 11.9 Å². The van der Waals surface area contributed by atoms with Gasteiger partial charge in [0.25, 0.3) is 0 Å². The van der Waals surface area contributed by atoms with E-state index in [1.165, 1.54) is 32.1 Å². The fourth-order valence-electron chi connectivity index (χ4n) is 3.42. The van der Waals surface area contributed by atoms with Gasteiger partial charge in [-0.1, -0.05) is 51.3 Å². The van der Waals surface area contributed by atoms with Gasteiger partial charge in [-0.2, -0.15) is 0 Å². The molecular weight excluding hydrogens is 258 g/mol. The molecule has 0 bridgehead atoms. The molecule has 1 unspecified atom stereocenters. The third-order valence-corrected chi connectivity index (χ3v) is 4.83. The Kier molecular flexibility index (Phi) is 7.08. The molecule has 1 aromatic carbocycles. The first-order valence-corrected chi connectivity index (χ1v) is 8.77. The Hall–Kier alpha value is -1.02. The van der Waals surface area contributed by atoms with Gasteiger partial charge in [0, 0.05) is 6.54 Å². The zero-order valence-electron chi connectivity index (χ0n) is 13.8. The summed E-state index contributed by atoms with van der Waals surface area (Å²) in [5.41, 5.74) is 0. The lowest BCUT2D eigenvalue weighted by Gasteiger charge is -2.32. The molecule has 1 fully saturated rings. The largest absolute Gasteiger partial charge is 0.490 e. The van der Waals surface area contributed by atoms with Gasteiger partial charge in [-0.05, 0) is 50.4 Å². The summed E-state index contributed by atoms with van der Waals surface area (Å²) >= 11 is 0. The molecule has 0 saturated heterocycles. The molecule has 0 heterocycles. The number of hydrogen-bond acceptors (Lipinski definition) is 2. The molecule has 2 heteroatoms. The minimum Gasteiger partial charge on any atom is -0.490 e. The highest BCUT2D eigenvalue weighted by Gasteiger charge is 2.25. The molecule has 1 saturated carbocycles. The quantitative estimate of drug-likeness (QED) is 0.685. The molecule has 21 heavy (non-hydrogen) atoms. The molecular formula is C19H31NO. The standard InChI is InChI=1S/C19H31NO/c1-3-20(4-2)16-15-19(17-11-7-5-8-12-17)21-18-13-9-6-10-14-18/h6,9-10,13-14,17,19H,3-5,7-8,11-12,15-16H2,1-2H3. The zero-order chi connectivity index (χ0) is 14.9. The van der Waals surface area contributed by atoms with Crippen molar-refractivity contribution in [3.8, 4) is 5.75 Å². The molecule has 0 radical (unpaired) electrons. The molecule has 2 nitrogen and oxygen atoms in total. The number of rotatable bonds is 8. The lowest BCUT2D eigenvalue weighted by molar-refractivity contribution is 0.0880. The van der Waals surface area contributed by atoms with Crippen LogP contribution >= 0.6 is 0 Å². The maximum absolute atomic E-state index is 6.37. The van der Waals surface area contributed by atoms with Crippen LogP contribution in [0.1, 0.15) is 52.4 Å². The average molecular weight is 289 g/mol. The highest BCUT2D eigenvalue weighted by Crippen LogP contribution is 2.30. The van der Waals surface area contributed by atoms with Gasteiger partial charge in [0.05, 0.1) is 0 Å². The summed E-state index contributed by atoms with van der Waals surface area (Å²) in [5.74, 6) is 1.78. The summed E-state index contributed by atoms with van der Waals surface area (Å²) in [6.45, 7) is 7.92. The monoisotopic (exact) mass is 289 g/mol. The summed E-state index contributed by atoms with van der Waals surface area (Å²) < 4.78 is 6.37. The summed E-state index contributed by atoms with van der Waals surface area (Å²) in [6.07, 6.45) is 8.39. The summed E-state index contributed by atoms with van der Waals surface area (Å²) in [7, 11) is 0. The van der Waals surface area contributed by atoms with Crippen LogP contribution in [0.25, 0.3) is 0 Å². The van der Waals surface area contributed by atoms with Crippen molar-refractivity contribution >= 4 is 0 Å². The van der Waals surface area contributed by atoms with Crippen LogP contribution in [0, 0.1) is 5.92 Å². The van der Waals surface area contributed by atoms with E-state index in [0.717, 1.165) is 37.7 Å². The summed E-state index contributed by atoms with van der Waals surface area (Å²) in [6, 6.07) is 10.4. The average Bonchev–Trinajstić information content (AvgIpc) is 2.56. The zero-order valence-corrected chi connectivity index (χ0v) is 13.8. The first-order chi connectivity index (χ1) is 10.3. The fraction of sp³-hybridized carbons (Fsp3) is 0.684. The minimum atomic E-state index is 0.383. The highest BCUT2D eigenvalue weighted by molar-refractivity contribution is 5.21. The van der Waals surface area contributed by atoms with E-state index < -0.39 is 0 Å². The predicted molar refractivity (Wildman–Crippen MR) is 89.8 cm³/mol. The first kappa shape index (κ1) is 16.4. The third kappa shape index (κ3) is 5.35. The van der Waals surface area contributed by atoms with Gasteiger partial charge in [-0.25, -0.2) is 0 Å². The third-order valence-electron chi connectivity index (χ3n) is 4.83. The molecule has 0 aliphatic heterocycles. The number of nitrogens with zero attached hydrogens (tertiary/aromatic N) is 1. The maximum Gasteiger partial charge on any atom is 0.119 e. The number of hydrogen-bond donors (Lipinski definition) is 0. The van der Waals surface area contributed by atoms with Crippen molar-refractivity contribution in [1.82, 2.24) is 4.90 Å². The molecule has 0 N–H and O–H groups in total. The van der Waals surface area contributed by atoms with E-state index in [9.17, 15) is 0 Å². The Morgan fingerprint density at radius 2 is 1.71 bits per heavy atom. The van der Waals surface area contributed by atoms with Gasteiger partial charge < -0.3 is 9.64 Å². The lowest BCUT2D eigenvalue weighted by Crippen LogP contribution is -2.34. The second-order valence-electron chi connectivity index (χ2n) is 6.18. The first-order valence-electron chi connectivity index (χ1n) is 8.77. The Labute approximate surface area is 130 Å². The summed E-state index contributed by atoms with van der Waals surface area (Å²) in [5, 5.41) is 0. The molecule has 0 spiro atoms. The smallest absolute Gasteiger partial charge is 0.119 e. The SMILES string of the molecule is CCN(CC)CCC(Oc1ccccc1)C1CCCCC1. The van der Waals surface area contributed by atoms with Crippen molar-refractivity contribution in [3.05, 3.63) is 30.3 Å². The topological polar surface area (TPSA) is 12.5 Å². The Bertz CT molecular complexity index is 368. The van der Waals surface area contributed by atoms with Gasteiger partial charge in [0.2, 0.25) is 0 Å². The maximum atomic E-state index is 6.37. The van der Waals surface area contributed by atoms with Gasteiger partial charge in [0.15, 0.2) is 0 Å². The number of para-hydroxylation sites is 1. The van der Waals surface area contributed by atoms with Crippen molar-refractivity contribution in [3.63, 3.8) is 0 Å². The van der Waals surface area contributed by atoms with Crippen molar-refractivity contribution < 1.29 is 4.74 Å². The van der Waals surface area contributed by atoms with E-state index in [1.54, 1.807) is 0 Å². The molecule has 118 valence electrons. The van der Waals surface area contributed by atoms with Crippen LogP contribution < -0.4 is 4.74 Å². The Morgan fingerprint density at radius 1 is 1.05 bits per heavy atom. The molecule has 1 aromatic rings. The van der Waals surface area contributed by atoms with Crippen LogP contribution in [0.15, 0.2) is 30.3 Å². The number of benzene rings is 1. The van der Waals surface area contributed by atoms with Crippen molar-refractivity contribution in [2.24, 2.45) is 5.92 Å². The molecule has 1 aliphatic rings. The molecule has 2 rings (SSSR count). The van der Waals surface area contributed by atoms with Gasteiger partial charge in [-0.3, -0.25) is 0 Å². The molecule has 0 amide bonds. The van der Waals surface area contributed by atoms with Crippen LogP contribution in [-0.2, 0) is 0 Å². The van der Waals surface area contributed by atoms with Crippen LogP contribution in [0.3, 0.4) is 0 Å². The van der Waals surface area contributed by atoms with E-state index in [0.29, 0.717) is 6.10 Å². The van der Waals surface area contributed by atoms with E-state index in [1.807, 2.05) is 0 Å². The van der Waals surface area contributed by atoms with Crippen molar-refractivity contribution in [2.45, 2.75) is 58.5 Å². The summed E-state index contributed by atoms with van der Waals surface area (Å²) in [4.78, 5) is 2.50. The normalized spacial score (nSPS) is 17.9. The molecule has 0 aromatic heterocycles. The van der Waals surface area contributed by atoms with E-state index in [-0.39, 0.29) is 0 Å². The van der Waals surface area contributed by atoms with E-state index in [2.05, 4.69) is 49.1 Å². The van der Waals surface area contributed by atoms with E-state index >= 15 is 0 Å². The second-order valence-corrected chi connectivity index (χ2v) is 6.18. The predicted octanol–water partition coefficient (Wildman–Crippen LogP) is 4.75. The fourth-order valence-corrected chi connectivity index (χ4v) is 3.42. The van der Waals surface area contributed by atoms with Crippen LogP contribution in [-0.4, -0.2) is 30.6 Å². The lowest BCUT2D eigenvalue weighted by atomic mass is 9.84. The Balaban J connectivity index is 1.95. The van der Waals surface area contributed by atoms with Gasteiger partial charge in [-0.15, -0.1) is 0 Å². The molecule has 1 aliphatic carbocycles. The van der Waals surface area contributed by atoms with E-state index in [4.69, 9.17) is 4.74 Å². The van der Waals surface area contributed by atoms with Crippen LogP contribution in [0.4, 0.5) is 0 Å². The van der Waals surface area contributed by atoms with Crippen LogP contribution in [0.5, 0.6) is 5.75 Å². The van der Waals surface area contributed by atoms with Gasteiger partial charge >= 0.3 is 0 Å². The number of ether oxygens (including phenoxy) is 1. The van der Waals surface area contributed by atoms with Crippen molar-refractivity contribution in [2.75, 3.05) is 19.6 Å². The molecule has 1 atom stereocenters. The highest BCUT2D eigenvalue weighted by atomic mass is 16.5.